The first-order valence-electron chi connectivity index (χ1n) is 8.57. The standard InChI is InChI=1S/C18H24N2O3/c21-17-12-7-13-20(17)23-18(22)19(16-10-5-2-6-11-16)14-15-8-3-1-4-9-15/h1,3-4,8-9,16H,2,5-7,10-14H2. The van der Waals surface area contributed by atoms with E-state index in [-0.39, 0.29) is 11.9 Å². The number of amides is 2. The highest BCUT2D eigenvalue weighted by molar-refractivity contribution is 5.79. The summed E-state index contributed by atoms with van der Waals surface area (Å²) < 4.78 is 0. The number of benzene rings is 1. The molecule has 2 amide bonds. The van der Waals surface area contributed by atoms with Crippen molar-refractivity contribution in [2.24, 2.45) is 0 Å². The van der Waals surface area contributed by atoms with Gasteiger partial charge in [0.1, 0.15) is 0 Å². The van der Waals surface area contributed by atoms with Gasteiger partial charge >= 0.3 is 6.09 Å². The van der Waals surface area contributed by atoms with Crippen LogP contribution in [0, 0.1) is 0 Å². The molecular weight excluding hydrogens is 292 g/mol. The number of carbonyl (C=O) groups excluding carboxylic acids is 2. The summed E-state index contributed by atoms with van der Waals surface area (Å²) in [5.74, 6) is -0.0957. The summed E-state index contributed by atoms with van der Waals surface area (Å²) in [5.41, 5.74) is 1.09. The first kappa shape index (κ1) is 15.8. The van der Waals surface area contributed by atoms with Gasteiger partial charge in [-0.25, -0.2) is 4.79 Å². The molecule has 2 fully saturated rings. The van der Waals surface area contributed by atoms with Crippen LogP contribution in [0.5, 0.6) is 0 Å². The Morgan fingerprint density at radius 3 is 2.52 bits per heavy atom. The molecule has 0 spiro atoms. The van der Waals surface area contributed by atoms with Crippen LogP contribution in [0.4, 0.5) is 4.79 Å². The normalized spacial score (nSPS) is 19.0. The van der Waals surface area contributed by atoms with Gasteiger partial charge in [0.05, 0.1) is 6.54 Å². The molecule has 2 aliphatic rings. The molecule has 1 aliphatic heterocycles. The van der Waals surface area contributed by atoms with Crippen molar-refractivity contribution in [1.29, 1.82) is 0 Å². The number of nitrogens with zero attached hydrogens (tertiary/aromatic N) is 2. The van der Waals surface area contributed by atoms with Gasteiger partial charge in [-0.05, 0) is 24.8 Å². The molecule has 0 radical (unpaired) electrons. The Kier molecular flexibility index (Phi) is 5.16. The van der Waals surface area contributed by atoms with Gasteiger partial charge in [0.15, 0.2) is 0 Å². The van der Waals surface area contributed by atoms with Crippen molar-refractivity contribution in [3.63, 3.8) is 0 Å². The highest BCUT2D eigenvalue weighted by Gasteiger charge is 2.31. The molecule has 3 rings (SSSR count). The van der Waals surface area contributed by atoms with Gasteiger partial charge in [-0.15, -0.1) is 0 Å². The fraction of sp³-hybridized carbons (Fsp3) is 0.556. The van der Waals surface area contributed by atoms with Crippen LogP contribution in [-0.2, 0) is 16.2 Å². The van der Waals surface area contributed by atoms with Crippen molar-refractivity contribution in [3.8, 4) is 0 Å². The molecule has 0 N–H and O–H groups in total. The van der Waals surface area contributed by atoms with Crippen LogP contribution >= 0.6 is 0 Å². The topological polar surface area (TPSA) is 49.9 Å². The minimum atomic E-state index is -0.393. The SMILES string of the molecule is O=C1CCCN1OC(=O)N(Cc1ccccc1)C1CCCCC1. The molecular formula is C18H24N2O3. The van der Waals surface area contributed by atoms with E-state index in [1.54, 1.807) is 4.90 Å². The summed E-state index contributed by atoms with van der Waals surface area (Å²) in [5, 5.41) is 1.23. The monoisotopic (exact) mass is 316 g/mol. The van der Waals surface area contributed by atoms with E-state index < -0.39 is 6.09 Å². The lowest BCUT2D eigenvalue weighted by atomic mass is 9.94. The van der Waals surface area contributed by atoms with Crippen LogP contribution in [0.2, 0.25) is 0 Å². The molecule has 1 aliphatic carbocycles. The van der Waals surface area contributed by atoms with E-state index in [0.29, 0.717) is 19.5 Å². The summed E-state index contributed by atoms with van der Waals surface area (Å²) in [6.07, 6.45) is 6.37. The predicted molar refractivity (Wildman–Crippen MR) is 86.3 cm³/mol. The maximum Gasteiger partial charge on any atom is 0.434 e. The number of rotatable bonds is 4. The Bertz CT molecular complexity index is 540. The Morgan fingerprint density at radius 1 is 1.13 bits per heavy atom. The van der Waals surface area contributed by atoms with Crippen molar-refractivity contribution < 1.29 is 14.4 Å². The molecule has 1 saturated carbocycles. The van der Waals surface area contributed by atoms with Gasteiger partial charge in [-0.1, -0.05) is 49.6 Å². The molecule has 0 aromatic heterocycles. The lowest BCUT2D eigenvalue weighted by Gasteiger charge is -2.34. The molecule has 1 saturated heterocycles. The number of carbonyl (C=O) groups is 2. The van der Waals surface area contributed by atoms with Crippen LogP contribution in [0.25, 0.3) is 0 Å². The third kappa shape index (κ3) is 4.03. The van der Waals surface area contributed by atoms with Gasteiger partial charge in [0.2, 0.25) is 0 Å². The molecule has 1 aromatic rings. The Balaban J connectivity index is 1.70. The van der Waals surface area contributed by atoms with E-state index in [1.165, 1.54) is 11.5 Å². The summed E-state index contributed by atoms with van der Waals surface area (Å²) in [6, 6.07) is 10.2. The minimum absolute atomic E-state index is 0.0957. The Hall–Kier alpha value is -2.04. The zero-order chi connectivity index (χ0) is 16.1. The van der Waals surface area contributed by atoms with Gasteiger partial charge < -0.3 is 4.84 Å². The number of hydrogen-bond acceptors (Lipinski definition) is 3. The number of hydroxylamine groups is 2. The molecule has 1 aromatic carbocycles. The zero-order valence-corrected chi connectivity index (χ0v) is 13.4. The molecule has 0 atom stereocenters. The average molecular weight is 316 g/mol. The lowest BCUT2D eigenvalue weighted by Crippen LogP contribution is -2.44. The van der Waals surface area contributed by atoms with Crippen molar-refractivity contribution >= 4 is 12.0 Å². The molecule has 0 bridgehead atoms. The van der Waals surface area contributed by atoms with E-state index in [9.17, 15) is 9.59 Å². The van der Waals surface area contributed by atoms with Crippen molar-refractivity contribution in [1.82, 2.24) is 9.96 Å². The molecule has 0 unspecified atom stereocenters. The third-order valence-electron chi connectivity index (χ3n) is 4.66. The highest BCUT2D eigenvalue weighted by Crippen LogP contribution is 2.25. The van der Waals surface area contributed by atoms with Crippen molar-refractivity contribution in [3.05, 3.63) is 35.9 Å². The first-order chi connectivity index (χ1) is 11.2. The van der Waals surface area contributed by atoms with E-state index in [1.807, 2.05) is 30.3 Å². The van der Waals surface area contributed by atoms with Crippen LogP contribution in [0.3, 0.4) is 0 Å². The molecule has 5 nitrogen and oxygen atoms in total. The molecule has 5 heteroatoms. The summed E-state index contributed by atoms with van der Waals surface area (Å²) in [7, 11) is 0. The van der Waals surface area contributed by atoms with E-state index in [0.717, 1.165) is 37.7 Å². The quantitative estimate of drug-likeness (QED) is 0.854. The van der Waals surface area contributed by atoms with Gasteiger partial charge in [0.25, 0.3) is 5.91 Å². The second-order valence-corrected chi connectivity index (χ2v) is 6.36. The smallest absolute Gasteiger partial charge is 0.319 e. The minimum Gasteiger partial charge on any atom is -0.319 e. The molecule has 23 heavy (non-hydrogen) atoms. The van der Waals surface area contributed by atoms with Crippen LogP contribution < -0.4 is 0 Å². The fourth-order valence-corrected chi connectivity index (χ4v) is 3.38. The predicted octanol–water partition coefficient (Wildman–Crippen LogP) is 3.50. The molecule has 124 valence electrons. The van der Waals surface area contributed by atoms with E-state index in [2.05, 4.69) is 0 Å². The van der Waals surface area contributed by atoms with Gasteiger partial charge in [0, 0.05) is 19.0 Å². The van der Waals surface area contributed by atoms with Crippen LogP contribution in [0.15, 0.2) is 30.3 Å². The maximum absolute atomic E-state index is 12.7. The largest absolute Gasteiger partial charge is 0.434 e. The van der Waals surface area contributed by atoms with Crippen molar-refractivity contribution in [2.45, 2.75) is 57.5 Å². The molecule has 1 heterocycles. The number of hydrogen-bond donors (Lipinski definition) is 0. The second-order valence-electron chi connectivity index (χ2n) is 6.36. The average Bonchev–Trinajstić information content (AvgIpc) is 2.99. The summed E-state index contributed by atoms with van der Waals surface area (Å²) >= 11 is 0. The summed E-state index contributed by atoms with van der Waals surface area (Å²) in [6.45, 7) is 1.04. The Labute approximate surface area is 137 Å². The van der Waals surface area contributed by atoms with Gasteiger partial charge in [-0.3, -0.25) is 9.69 Å². The third-order valence-corrected chi connectivity index (χ3v) is 4.66. The van der Waals surface area contributed by atoms with E-state index in [4.69, 9.17) is 4.84 Å². The first-order valence-corrected chi connectivity index (χ1v) is 8.57. The zero-order valence-electron chi connectivity index (χ0n) is 13.4. The van der Waals surface area contributed by atoms with Gasteiger partial charge in [-0.2, -0.15) is 5.06 Å². The van der Waals surface area contributed by atoms with E-state index >= 15 is 0 Å². The van der Waals surface area contributed by atoms with Crippen LogP contribution in [0.1, 0.15) is 50.5 Å². The fourth-order valence-electron chi connectivity index (χ4n) is 3.38. The van der Waals surface area contributed by atoms with Crippen molar-refractivity contribution in [2.75, 3.05) is 6.54 Å². The van der Waals surface area contributed by atoms with Crippen LogP contribution in [-0.4, -0.2) is 34.6 Å². The summed E-state index contributed by atoms with van der Waals surface area (Å²) in [4.78, 5) is 31.5. The second kappa shape index (κ2) is 7.49. The highest BCUT2D eigenvalue weighted by atomic mass is 16.7. The lowest BCUT2D eigenvalue weighted by molar-refractivity contribution is -0.161. The Morgan fingerprint density at radius 2 is 1.87 bits per heavy atom. The maximum atomic E-state index is 12.7.